The van der Waals surface area contributed by atoms with Gasteiger partial charge in [-0.3, -0.25) is 0 Å². The van der Waals surface area contributed by atoms with Gasteiger partial charge in [0.25, 0.3) is 0 Å². The van der Waals surface area contributed by atoms with Crippen LogP contribution in [0.1, 0.15) is 59.8 Å². The van der Waals surface area contributed by atoms with Crippen LogP contribution >= 0.6 is 0 Å². The molecule has 0 spiro atoms. The van der Waals surface area contributed by atoms with Crippen molar-refractivity contribution in [3.63, 3.8) is 0 Å². The third kappa shape index (κ3) is 4.10. The van der Waals surface area contributed by atoms with E-state index in [4.69, 9.17) is 0 Å². The molecule has 0 rings (SSSR count). The molecule has 1 heteroatoms. The largest absolute Gasteiger partial charge is 0.390 e. The molecule has 0 bridgehead atoms. The Morgan fingerprint density at radius 2 is 1.67 bits per heavy atom. The molecule has 1 atom stereocenters. The maximum absolute atomic E-state index is 9.97. The Labute approximate surface area is 77.2 Å². The van der Waals surface area contributed by atoms with Crippen molar-refractivity contribution in [1.82, 2.24) is 0 Å². The number of hydrogen-bond donors (Lipinski definition) is 1. The van der Waals surface area contributed by atoms with Crippen molar-refractivity contribution in [2.24, 2.45) is 5.92 Å². The third-order valence-electron chi connectivity index (χ3n) is 3.12. The first-order chi connectivity index (χ1) is 5.58. The van der Waals surface area contributed by atoms with Gasteiger partial charge in [-0.05, 0) is 31.6 Å². The lowest BCUT2D eigenvalue weighted by molar-refractivity contribution is 0.0180. The zero-order chi connectivity index (χ0) is 9.61. The highest BCUT2D eigenvalue weighted by Crippen LogP contribution is 2.24. The summed E-state index contributed by atoms with van der Waals surface area (Å²) >= 11 is 0. The first kappa shape index (κ1) is 12.0. The molecular weight excluding hydrogens is 148 g/mol. The summed E-state index contributed by atoms with van der Waals surface area (Å²) in [5, 5.41) is 9.97. The van der Waals surface area contributed by atoms with Gasteiger partial charge in [0, 0.05) is 0 Å². The summed E-state index contributed by atoms with van der Waals surface area (Å²) in [7, 11) is 0. The Balaban J connectivity index is 3.72. The fourth-order valence-corrected chi connectivity index (χ4v) is 1.32. The second-order valence-corrected chi connectivity index (χ2v) is 3.98. The van der Waals surface area contributed by atoms with Gasteiger partial charge in [-0.2, -0.15) is 0 Å². The molecular formula is C11H24O. The summed E-state index contributed by atoms with van der Waals surface area (Å²) in [5.74, 6) is 0.759. The van der Waals surface area contributed by atoms with E-state index >= 15 is 0 Å². The molecule has 0 saturated heterocycles. The van der Waals surface area contributed by atoms with E-state index in [0.29, 0.717) is 0 Å². The SMILES string of the molecule is CC[C@@H](C)CCC(O)(CC)CC. The highest BCUT2D eigenvalue weighted by Gasteiger charge is 2.21. The van der Waals surface area contributed by atoms with Crippen LogP contribution in [-0.4, -0.2) is 10.7 Å². The molecule has 0 radical (unpaired) electrons. The van der Waals surface area contributed by atoms with E-state index in [1.54, 1.807) is 0 Å². The van der Waals surface area contributed by atoms with Crippen molar-refractivity contribution in [2.75, 3.05) is 0 Å². The van der Waals surface area contributed by atoms with Gasteiger partial charge < -0.3 is 5.11 Å². The van der Waals surface area contributed by atoms with E-state index in [1.165, 1.54) is 6.42 Å². The Bertz CT molecular complexity index is 106. The number of hydrogen-bond acceptors (Lipinski definition) is 1. The first-order valence-electron chi connectivity index (χ1n) is 5.30. The summed E-state index contributed by atoms with van der Waals surface area (Å²) < 4.78 is 0. The average molecular weight is 172 g/mol. The van der Waals surface area contributed by atoms with Crippen LogP contribution in [0.15, 0.2) is 0 Å². The summed E-state index contributed by atoms with van der Waals surface area (Å²) in [4.78, 5) is 0. The van der Waals surface area contributed by atoms with E-state index in [9.17, 15) is 5.11 Å². The smallest absolute Gasteiger partial charge is 0.0642 e. The molecule has 1 N–H and O–H groups in total. The van der Waals surface area contributed by atoms with E-state index in [2.05, 4.69) is 27.7 Å². The van der Waals surface area contributed by atoms with E-state index in [0.717, 1.165) is 31.6 Å². The summed E-state index contributed by atoms with van der Waals surface area (Å²) in [6, 6.07) is 0. The predicted molar refractivity (Wildman–Crippen MR) is 54.2 cm³/mol. The zero-order valence-electron chi connectivity index (χ0n) is 9.06. The molecule has 0 unspecified atom stereocenters. The van der Waals surface area contributed by atoms with Gasteiger partial charge in [0.2, 0.25) is 0 Å². The molecule has 0 fully saturated rings. The minimum atomic E-state index is -0.385. The molecule has 0 amide bonds. The van der Waals surface area contributed by atoms with Crippen LogP contribution in [0.3, 0.4) is 0 Å². The van der Waals surface area contributed by atoms with Crippen molar-refractivity contribution in [1.29, 1.82) is 0 Å². The summed E-state index contributed by atoms with van der Waals surface area (Å²) in [6.07, 6.45) is 5.13. The van der Waals surface area contributed by atoms with Crippen molar-refractivity contribution < 1.29 is 5.11 Å². The average Bonchev–Trinajstić information content (AvgIpc) is 2.13. The Kier molecular flexibility index (Phi) is 5.56. The second-order valence-electron chi connectivity index (χ2n) is 3.98. The van der Waals surface area contributed by atoms with Crippen LogP contribution in [0.25, 0.3) is 0 Å². The minimum Gasteiger partial charge on any atom is -0.390 e. The van der Waals surface area contributed by atoms with Gasteiger partial charge in [0.15, 0.2) is 0 Å². The van der Waals surface area contributed by atoms with Crippen molar-refractivity contribution in [3.8, 4) is 0 Å². The van der Waals surface area contributed by atoms with E-state index in [1.807, 2.05) is 0 Å². The van der Waals surface area contributed by atoms with Crippen LogP contribution in [0.5, 0.6) is 0 Å². The fraction of sp³-hybridized carbons (Fsp3) is 1.00. The van der Waals surface area contributed by atoms with E-state index < -0.39 is 0 Å². The van der Waals surface area contributed by atoms with Gasteiger partial charge in [-0.25, -0.2) is 0 Å². The van der Waals surface area contributed by atoms with Crippen molar-refractivity contribution in [3.05, 3.63) is 0 Å². The topological polar surface area (TPSA) is 20.2 Å². The lowest BCUT2D eigenvalue weighted by atomic mass is 9.88. The summed E-state index contributed by atoms with van der Waals surface area (Å²) in [5.41, 5.74) is -0.385. The zero-order valence-corrected chi connectivity index (χ0v) is 9.06. The molecule has 0 aliphatic heterocycles. The predicted octanol–water partition coefficient (Wildman–Crippen LogP) is 3.36. The van der Waals surface area contributed by atoms with Crippen molar-refractivity contribution in [2.45, 2.75) is 65.4 Å². The normalized spacial score (nSPS) is 14.8. The molecule has 0 aromatic rings. The lowest BCUT2D eigenvalue weighted by Gasteiger charge is -2.26. The van der Waals surface area contributed by atoms with Crippen LogP contribution in [0.4, 0.5) is 0 Å². The molecule has 0 aromatic heterocycles. The highest BCUT2D eigenvalue weighted by molar-refractivity contribution is 4.75. The quantitative estimate of drug-likeness (QED) is 0.651. The maximum Gasteiger partial charge on any atom is 0.0642 e. The fourth-order valence-electron chi connectivity index (χ4n) is 1.32. The molecule has 0 aliphatic rings. The Morgan fingerprint density at radius 1 is 1.17 bits per heavy atom. The van der Waals surface area contributed by atoms with Crippen molar-refractivity contribution >= 4 is 0 Å². The van der Waals surface area contributed by atoms with Gasteiger partial charge in [0.1, 0.15) is 0 Å². The summed E-state index contributed by atoms with van der Waals surface area (Å²) in [6.45, 7) is 8.60. The molecule has 12 heavy (non-hydrogen) atoms. The maximum atomic E-state index is 9.97. The number of rotatable bonds is 6. The third-order valence-corrected chi connectivity index (χ3v) is 3.12. The van der Waals surface area contributed by atoms with Crippen LogP contribution < -0.4 is 0 Å². The monoisotopic (exact) mass is 172 g/mol. The number of aliphatic hydroxyl groups is 1. The second kappa shape index (κ2) is 5.58. The Hall–Kier alpha value is -0.0400. The standard InChI is InChI=1S/C11H24O/c1-5-10(4)8-9-11(12,6-2)7-3/h10,12H,5-9H2,1-4H3/t10-/m1/s1. The molecule has 1 nitrogen and oxygen atoms in total. The van der Waals surface area contributed by atoms with Crippen LogP contribution in [0, 0.1) is 5.92 Å². The minimum absolute atomic E-state index is 0.385. The van der Waals surface area contributed by atoms with Gasteiger partial charge in [-0.1, -0.05) is 34.1 Å². The lowest BCUT2D eigenvalue weighted by Crippen LogP contribution is -2.26. The first-order valence-corrected chi connectivity index (χ1v) is 5.30. The molecule has 0 aromatic carbocycles. The van der Waals surface area contributed by atoms with Crippen LogP contribution in [-0.2, 0) is 0 Å². The Morgan fingerprint density at radius 3 is 2.00 bits per heavy atom. The molecule has 0 aliphatic carbocycles. The van der Waals surface area contributed by atoms with Crippen LogP contribution in [0.2, 0.25) is 0 Å². The highest BCUT2D eigenvalue weighted by atomic mass is 16.3. The van der Waals surface area contributed by atoms with Gasteiger partial charge >= 0.3 is 0 Å². The molecule has 74 valence electrons. The van der Waals surface area contributed by atoms with E-state index in [-0.39, 0.29) is 5.60 Å². The van der Waals surface area contributed by atoms with Gasteiger partial charge in [0.05, 0.1) is 5.60 Å². The molecule has 0 saturated carbocycles. The molecule has 0 heterocycles. The van der Waals surface area contributed by atoms with Gasteiger partial charge in [-0.15, -0.1) is 0 Å².